The minimum absolute atomic E-state index is 0.0109. The number of likely N-dealkylation sites (tertiary alicyclic amines) is 1. The van der Waals surface area contributed by atoms with Gasteiger partial charge in [0.15, 0.2) is 0 Å². The smallest absolute Gasteiger partial charge is 0.259 e. The zero-order valence-electron chi connectivity index (χ0n) is 18.8. The lowest BCUT2D eigenvalue weighted by atomic mass is 9.80. The summed E-state index contributed by atoms with van der Waals surface area (Å²) in [6.45, 7) is 5.22. The Hall–Kier alpha value is -2.36. The molecule has 0 bridgehead atoms. The van der Waals surface area contributed by atoms with E-state index in [9.17, 15) is 9.90 Å². The largest absolute Gasteiger partial charge is 0.395 e. The SMILES string of the molecule is CC(C)NC1N=CC(c2nc(-c3cccc4c3CCC43CC(=O)N(CCO)C3)no2)=CC1Br. The summed E-state index contributed by atoms with van der Waals surface area (Å²) in [6, 6.07) is 6.48. The number of hydrogen-bond donors (Lipinski definition) is 2. The molecule has 3 atom stereocenters. The molecule has 1 aliphatic carbocycles. The maximum atomic E-state index is 12.5. The number of aliphatic hydroxyl groups is 1. The summed E-state index contributed by atoms with van der Waals surface area (Å²) in [5.41, 5.74) is 3.94. The Labute approximate surface area is 201 Å². The molecular weight excluding hydrogens is 486 g/mol. The van der Waals surface area contributed by atoms with Gasteiger partial charge in [0.1, 0.15) is 6.17 Å². The van der Waals surface area contributed by atoms with E-state index in [-0.39, 0.29) is 28.9 Å². The van der Waals surface area contributed by atoms with Gasteiger partial charge in [-0.15, -0.1) is 0 Å². The van der Waals surface area contributed by atoms with Crippen molar-refractivity contribution < 1.29 is 14.4 Å². The van der Waals surface area contributed by atoms with Crippen molar-refractivity contribution in [3.8, 4) is 11.4 Å². The Bertz CT molecular complexity index is 1130. The Morgan fingerprint density at radius 3 is 3.00 bits per heavy atom. The molecule has 9 heteroatoms. The first-order chi connectivity index (χ1) is 15.9. The number of hydrogen-bond acceptors (Lipinski definition) is 7. The van der Waals surface area contributed by atoms with Gasteiger partial charge in [0.25, 0.3) is 5.89 Å². The maximum absolute atomic E-state index is 12.5. The van der Waals surface area contributed by atoms with Gasteiger partial charge in [-0.2, -0.15) is 4.98 Å². The standard InChI is InChI=1S/C24H28BrN5O3/c1-14(2)27-22-19(25)10-15(12-26-22)23-28-21(29-33-23)17-4-3-5-18-16(17)6-7-24(18)11-20(32)30(13-24)8-9-31/h3-5,10,12,14,19,22,27,31H,6-9,11,13H2,1-2H3. The third-order valence-electron chi connectivity index (χ3n) is 6.74. The zero-order valence-corrected chi connectivity index (χ0v) is 20.4. The molecule has 3 heterocycles. The van der Waals surface area contributed by atoms with E-state index in [0.717, 1.165) is 24.0 Å². The van der Waals surface area contributed by atoms with Gasteiger partial charge in [0.2, 0.25) is 11.7 Å². The number of nitrogens with one attached hydrogen (secondary N) is 1. The Kier molecular flexibility index (Phi) is 5.96. The molecule has 1 aromatic carbocycles. The van der Waals surface area contributed by atoms with Crippen LogP contribution in [0, 0.1) is 0 Å². The number of aliphatic hydroxyl groups excluding tert-OH is 1. The Morgan fingerprint density at radius 2 is 2.24 bits per heavy atom. The second-order valence-corrected chi connectivity index (χ2v) is 10.4. The van der Waals surface area contributed by atoms with Crippen LogP contribution in [0.1, 0.15) is 43.7 Å². The molecule has 3 aliphatic rings. The molecule has 8 nitrogen and oxygen atoms in total. The number of amides is 1. The fourth-order valence-electron chi connectivity index (χ4n) is 5.25. The van der Waals surface area contributed by atoms with Crippen LogP contribution >= 0.6 is 15.9 Å². The van der Waals surface area contributed by atoms with Crippen LogP contribution < -0.4 is 5.32 Å². The molecule has 3 unspecified atom stereocenters. The number of aliphatic imine (C=N–C) groups is 1. The number of carbonyl (C=O) groups excluding carboxylic acids is 1. The number of carbonyl (C=O) groups is 1. The highest BCUT2D eigenvalue weighted by molar-refractivity contribution is 9.09. The maximum Gasteiger partial charge on any atom is 0.259 e. The molecule has 1 fully saturated rings. The van der Waals surface area contributed by atoms with Crippen LogP contribution in [0.5, 0.6) is 0 Å². The average molecular weight is 514 g/mol. The van der Waals surface area contributed by atoms with Gasteiger partial charge in [0, 0.05) is 42.7 Å². The van der Waals surface area contributed by atoms with Crippen LogP contribution in [0.4, 0.5) is 0 Å². The summed E-state index contributed by atoms with van der Waals surface area (Å²) in [7, 11) is 0. The minimum Gasteiger partial charge on any atom is -0.395 e. The molecule has 1 aromatic heterocycles. The number of alkyl halides is 1. The number of halogens is 1. The average Bonchev–Trinajstić information content (AvgIpc) is 3.48. The van der Waals surface area contributed by atoms with Crippen molar-refractivity contribution in [1.29, 1.82) is 0 Å². The highest BCUT2D eigenvalue weighted by atomic mass is 79.9. The van der Waals surface area contributed by atoms with Crippen molar-refractivity contribution >= 4 is 33.6 Å². The van der Waals surface area contributed by atoms with E-state index in [2.05, 4.69) is 56.3 Å². The molecule has 174 valence electrons. The second kappa shape index (κ2) is 8.77. The van der Waals surface area contributed by atoms with E-state index in [1.807, 2.05) is 18.2 Å². The molecule has 0 radical (unpaired) electrons. The van der Waals surface area contributed by atoms with Gasteiger partial charge in [0.05, 0.1) is 17.0 Å². The van der Waals surface area contributed by atoms with E-state index in [1.165, 1.54) is 11.1 Å². The summed E-state index contributed by atoms with van der Waals surface area (Å²) < 4.78 is 5.61. The van der Waals surface area contributed by atoms with Crippen LogP contribution in [0.25, 0.3) is 17.0 Å². The first kappa shape index (κ1) is 22.4. The van der Waals surface area contributed by atoms with E-state index in [0.29, 0.717) is 37.3 Å². The van der Waals surface area contributed by atoms with Crippen LogP contribution in [-0.2, 0) is 16.6 Å². The highest BCUT2D eigenvalue weighted by Gasteiger charge is 2.48. The fraction of sp³-hybridized carbons (Fsp3) is 0.500. The van der Waals surface area contributed by atoms with E-state index < -0.39 is 0 Å². The number of benzene rings is 1. The third-order valence-corrected chi connectivity index (χ3v) is 7.50. The number of β-amino-alcohol motifs (C(OH)–C–C–N with tert-alkyl or cyclic N) is 1. The van der Waals surface area contributed by atoms with Gasteiger partial charge in [-0.05, 0) is 37.8 Å². The molecule has 1 saturated heterocycles. The topological polar surface area (TPSA) is 104 Å². The van der Waals surface area contributed by atoms with Gasteiger partial charge in [-0.3, -0.25) is 15.1 Å². The Morgan fingerprint density at radius 1 is 1.39 bits per heavy atom. The number of fused-ring (bicyclic) bond motifs is 2. The lowest BCUT2D eigenvalue weighted by Gasteiger charge is -2.24. The van der Waals surface area contributed by atoms with E-state index in [1.54, 1.807) is 11.1 Å². The lowest BCUT2D eigenvalue weighted by Crippen LogP contribution is -2.40. The highest BCUT2D eigenvalue weighted by Crippen LogP contribution is 2.48. The summed E-state index contributed by atoms with van der Waals surface area (Å²) >= 11 is 3.68. The van der Waals surface area contributed by atoms with Crippen LogP contribution in [0.3, 0.4) is 0 Å². The van der Waals surface area contributed by atoms with E-state index in [4.69, 9.17) is 4.52 Å². The molecule has 2 N–H and O–H groups in total. The zero-order chi connectivity index (χ0) is 23.2. The second-order valence-electron chi connectivity index (χ2n) is 9.36. The van der Waals surface area contributed by atoms with Crippen LogP contribution in [-0.4, -0.2) is 69.0 Å². The molecule has 2 aromatic rings. The third kappa shape index (κ3) is 4.06. The number of nitrogens with zero attached hydrogens (tertiary/aromatic N) is 4. The van der Waals surface area contributed by atoms with Crippen molar-refractivity contribution in [2.24, 2.45) is 4.99 Å². The fourth-order valence-corrected chi connectivity index (χ4v) is 5.82. The lowest BCUT2D eigenvalue weighted by molar-refractivity contribution is -0.128. The van der Waals surface area contributed by atoms with Crippen molar-refractivity contribution in [2.75, 3.05) is 19.7 Å². The number of allylic oxidation sites excluding steroid dienone is 1. The summed E-state index contributed by atoms with van der Waals surface area (Å²) in [4.78, 5) is 23.6. The van der Waals surface area contributed by atoms with Gasteiger partial charge in [-0.25, -0.2) is 0 Å². The van der Waals surface area contributed by atoms with Gasteiger partial charge in [-0.1, -0.05) is 45.4 Å². The number of rotatable bonds is 6. The quantitative estimate of drug-likeness (QED) is 0.575. The molecular formula is C24H28BrN5O3. The van der Waals surface area contributed by atoms with Crippen LogP contribution in [0.15, 0.2) is 33.8 Å². The number of dihydropyridines is 1. The first-order valence-electron chi connectivity index (χ1n) is 11.4. The molecule has 2 aliphatic heterocycles. The van der Waals surface area contributed by atoms with Gasteiger partial charge < -0.3 is 14.5 Å². The normalized spacial score (nSPS) is 26.5. The molecule has 1 spiro atoms. The molecule has 0 saturated carbocycles. The van der Waals surface area contributed by atoms with Crippen molar-refractivity contribution in [3.05, 3.63) is 41.3 Å². The van der Waals surface area contributed by atoms with Crippen molar-refractivity contribution in [2.45, 2.75) is 55.6 Å². The van der Waals surface area contributed by atoms with Gasteiger partial charge >= 0.3 is 0 Å². The molecule has 33 heavy (non-hydrogen) atoms. The predicted octanol–water partition coefficient (Wildman–Crippen LogP) is 2.70. The number of aromatic nitrogens is 2. The monoisotopic (exact) mass is 513 g/mol. The van der Waals surface area contributed by atoms with Crippen molar-refractivity contribution in [1.82, 2.24) is 20.4 Å². The van der Waals surface area contributed by atoms with Crippen molar-refractivity contribution in [3.63, 3.8) is 0 Å². The first-order valence-corrected chi connectivity index (χ1v) is 12.3. The summed E-state index contributed by atoms with van der Waals surface area (Å²) in [5, 5.41) is 17.0. The molecule has 1 amide bonds. The minimum atomic E-state index is -0.190. The van der Waals surface area contributed by atoms with Crippen LogP contribution in [0.2, 0.25) is 0 Å². The summed E-state index contributed by atoms with van der Waals surface area (Å²) in [6.07, 6.45) is 6.04. The molecule has 5 rings (SSSR count). The van der Waals surface area contributed by atoms with E-state index >= 15 is 0 Å². The predicted molar refractivity (Wildman–Crippen MR) is 129 cm³/mol. The summed E-state index contributed by atoms with van der Waals surface area (Å²) in [5.74, 6) is 1.11. The Balaban J connectivity index is 1.41.